The molecule has 1 unspecified atom stereocenters. The minimum atomic E-state index is -0.0462. The monoisotopic (exact) mass is 346 g/mol. The van der Waals surface area contributed by atoms with Gasteiger partial charge in [0.2, 0.25) is 0 Å². The molecule has 138 valence electrons. The predicted octanol–water partition coefficient (Wildman–Crippen LogP) is 1.91. The number of nitrogens with one attached hydrogen (secondary N) is 1. The number of rotatable bonds is 6. The molecule has 2 saturated heterocycles. The molecule has 0 bridgehead atoms. The largest absolute Gasteiger partial charge is 0.379 e. The van der Waals surface area contributed by atoms with E-state index in [4.69, 9.17) is 4.74 Å². The van der Waals surface area contributed by atoms with Gasteiger partial charge in [0.25, 0.3) is 5.91 Å². The highest BCUT2D eigenvalue weighted by molar-refractivity contribution is 5.99. The summed E-state index contributed by atoms with van der Waals surface area (Å²) in [5.74, 6) is 0.796. The van der Waals surface area contributed by atoms with Gasteiger partial charge in [0.05, 0.1) is 18.8 Å². The second-order valence-electron chi connectivity index (χ2n) is 7.20. The molecular formula is C19H30N4O2. The van der Waals surface area contributed by atoms with Crippen LogP contribution in [0.25, 0.3) is 0 Å². The molecule has 6 heteroatoms. The van der Waals surface area contributed by atoms with Crippen LogP contribution in [-0.4, -0.2) is 67.3 Å². The van der Waals surface area contributed by atoms with Gasteiger partial charge in [-0.25, -0.2) is 4.98 Å². The Bertz CT molecular complexity index is 583. The number of hydrogen-bond acceptors (Lipinski definition) is 5. The molecule has 1 amide bonds. The SMILES string of the molecule is CCC(C)(CNC(=O)c1cccnc1N1CCCC1)N1CCOCC1. The van der Waals surface area contributed by atoms with Crippen LogP contribution in [-0.2, 0) is 4.74 Å². The first-order chi connectivity index (χ1) is 12.1. The number of anilines is 1. The van der Waals surface area contributed by atoms with Crippen molar-refractivity contribution in [1.29, 1.82) is 0 Å². The van der Waals surface area contributed by atoms with Gasteiger partial charge >= 0.3 is 0 Å². The third-order valence-electron chi connectivity index (χ3n) is 5.60. The summed E-state index contributed by atoms with van der Waals surface area (Å²) in [5, 5.41) is 3.16. The lowest BCUT2D eigenvalue weighted by molar-refractivity contribution is -0.0169. The third-order valence-corrected chi connectivity index (χ3v) is 5.60. The highest BCUT2D eigenvalue weighted by Gasteiger charge is 2.32. The van der Waals surface area contributed by atoms with Gasteiger partial charge in [0.15, 0.2) is 0 Å². The van der Waals surface area contributed by atoms with Crippen LogP contribution in [0.5, 0.6) is 0 Å². The van der Waals surface area contributed by atoms with Crippen molar-refractivity contribution in [3.05, 3.63) is 23.9 Å². The quantitative estimate of drug-likeness (QED) is 0.853. The molecule has 2 aliphatic rings. The van der Waals surface area contributed by atoms with Crippen LogP contribution in [0.4, 0.5) is 5.82 Å². The number of morpholine rings is 1. The normalized spacial score (nSPS) is 21.1. The van der Waals surface area contributed by atoms with Crippen LogP contribution in [0.15, 0.2) is 18.3 Å². The summed E-state index contributed by atoms with van der Waals surface area (Å²) in [6, 6.07) is 3.73. The molecule has 6 nitrogen and oxygen atoms in total. The van der Waals surface area contributed by atoms with Crippen molar-refractivity contribution in [2.24, 2.45) is 0 Å². The minimum Gasteiger partial charge on any atom is -0.379 e. The fourth-order valence-electron chi connectivity index (χ4n) is 3.68. The van der Waals surface area contributed by atoms with Gasteiger partial charge in [0, 0.05) is 44.5 Å². The first-order valence-electron chi connectivity index (χ1n) is 9.45. The Morgan fingerprint density at radius 3 is 2.68 bits per heavy atom. The van der Waals surface area contributed by atoms with Crippen LogP contribution in [0, 0.1) is 0 Å². The zero-order valence-corrected chi connectivity index (χ0v) is 15.5. The Balaban J connectivity index is 1.67. The smallest absolute Gasteiger partial charge is 0.255 e. The second kappa shape index (κ2) is 8.15. The van der Waals surface area contributed by atoms with E-state index in [1.807, 2.05) is 12.1 Å². The standard InChI is InChI=1S/C19H30N4O2/c1-3-19(2,23-11-13-25-14-12-23)15-21-18(24)16-7-6-8-20-17(16)22-9-4-5-10-22/h6-8H,3-5,9-15H2,1-2H3,(H,21,24). The number of hydrogen-bond donors (Lipinski definition) is 1. The van der Waals surface area contributed by atoms with E-state index in [2.05, 4.69) is 33.9 Å². The molecule has 0 saturated carbocycles. The highest BCUT2D eigenvalue weighted by atomic mass is 16.5. The topological polar surface area (TPSA) is 57.7 Å². The van der Waals surface area contributed by atoms with E-state index in [-0.39, 0.29) is 11.4 Å². The van der Waals surface area contributed by atoms with Crippen molar-refractivity contribution >= 4 is 11.7 Å². The number of nitrogens with zero attached hydrogens (tertiary/aromatic N) is 3. The fourth-order valence-corrected chi connectivity index (χ4v) is 3.68. The predicted molar refractivity (Wildman–Crippen MR) is 99.1 cm³/mol. The molecule has 1 aromatic heterocycles. The summed E-state index contributed by atoms with van der Waals surface area (Å²) in [7, 11) is 0. The maximum atomic E-state index is 12.8. The van der Waals surface area contributed by atoms with Gasteiger partial charge in [-0.15, -0.1) is 0 Å². The summed E-state index contributed by atoms with van der Waals surface area (Å²) < 4.78 is 5.46. The van der Waals surface area contributed by atoms with E-state index in [9.17, 15) is 4.79 Å². The third kappa shape index (κ3) is 4.12. The van der Waals surface area contributed by atoms with Gasteiger partial charge in [-0.2, -0.15) is 0 Å². The fraction of sp³-hybridized carbons (Fsp3) is 0.684. The molecule has 1 aromatic rings. The molecule has 0 radical (unpaired) electrons. The summed E-state index contributed by atoms with van der Waals surface area (Å²) in [6.45, 7) is 10.4. The zero-order chi connectivity index (χ0) is 17.7. The van der Waals surface area contributed by atoms with Gasteiger partial charge in [0.1, 0.15) is 5.82 Å². The van der Waals surface area contributed by atoms with Crippen LogP contribution in [0.1, 0.15) is 43.5 Å². The minimum absolute atomic E-state index is 0.0251. The Kier molecular flexibility index (Phi) is 5.91. The Labute approximate surface area is 150 Å². The number of ether oxygens (including phenoxy) is 1. The molecular weight excluding hydrogens is 316 g/mol. The summed E-state index contributed by atoms with van der Waals surface area (Å²) in [5.41, 5.74) is 0.639. The van der Waals surface area contributed by atoms with E-state index >= 15 is 0 Å². The van der Waals surface area contributed by atoms with Gasteiger partial charge in [-0.05, 0) is 38.3 Å². The Morgan fingerprint density at radius 2 is 2.00 bits per heavy atom. The molecule has 2 fully saturated rings. The lowest BCUT2D eigenvalue weighted by atomic mass is 9.95. The molecule has 25 heavy (non-hydrogen) atoms. The molecule has 0 aromatic carbocycles. The van der Waals surface area contributed by atoms with Gasteiger partial charge in [-0.1, -0.05) is 6.92 Å². The van der Waals surface area contributed by atoms with E-state index in [0.29, 0.717) is 12.1 Å². The van der Waals surface area contributed by atoms with Crippen molar-refractivity contribution in [1.82, 2.24) is 15.2 Å². The average Bonchev–Trinajstić information content (AvgIpc) is 3.21. The number of amides is 1. The van der Waals surface area contributed by atoms with Crippen molar-refractivity contribution in [2.45, 2.75) is 38.6 Å². The van der Waals surface area contributed by atoms with Crippen molar-refractivity contribution in [3.63, 3.8) is 0 Å². The van der Waals surface area contributed by atoms with E-state index in [0.717, 1.165) is 51.6 Å². The number of pyridine rings is 1. The first kappa shape index (κ1) is 18.1. The number of carbonyl (C=O) groups excluding carboxylic acids is 1. The van der Waals surface area contributed by atoms with Crippen LogP contribution < -0.4 is 10.2 Å². The van der Waals surface area contributed by atoms with Crippen molar-refractivity contribution in [3.8, 4) is 0 Å². The van der Waals surface area contributed by atoms with Crippen molar-refractivity contribution < 1.29 is 9.53 Å². The first-order valence-corrected chi connectivity index (χ1v) is 9.45. The Hall–Kier alpha value is -1.66. The molecule has 1 atom stereocenters. The molecule has 1 N–H and O–H groups in total. The highest BCUT2D eigenvalue weighted by Crippen LogP contribution is 2.23. The summed E-state index contributed by atoms with van der Waals surface area (Å²) in [4.78, 5) is 22.0. The van der Waals surface area contributed by atoms with Crippen LogP contribution in [0.2, 0.25) is 0 Å². The molecule has 3 rings (SSSR count). The van der Waals surface area contributed by atoms with Crippen LogP contribution in [0.3, 0.4) is 0 Å². The van der Waals surface area contributed by atoms with Crippen LogP contribution >= 0.6 is 0 Å². The average molecular weight is 346 g/mol. The molecule has 3 heterocycles. The maximum Gasteiger partial charge on any atom is 0.255 e. The number of carbonyl (C=O) groups is 1. The van der Waals surface area contributed by atoms with Crippen molar-refractivity contribution in [2.75, 3.05) is 50.8 Å². The lowest BCUT2D eigenvalue weighted by Gasteiger charge is -2.43. The van der Waals surface area contributed by atoms with E-state index in [1.54, 1.807) is 6.20 Å². The Morgan fingerprint density at radius 1 is 1.28 bits per heavy atom. The van der Waals surface area contributed by atoms with Gasteiger partial charge in [-0.3, -0.25) is 9.69 Å². The lowest BCUT2D eigenvalue weighted by Crippen LogP contribution is -2.56. The maximum absolute atomic E-state index is 12.8. The second-order valence-corrected chi connectivity index (χ2v) is 7.20. The zero-order valence-electron chi connectivity index (χ0n) is 15.5. The molecule has 0 spiro atoms. The van der Waals surface area contributed by atoms with Gasteiger partial charge < -0.3 is 15.0 Å². The molecule has 2 aliphatic heterocycles. The number of aromatic nitrogens is 1. The van der Waals surface area contributed by atoms with E-state index < -0.39 is 0 Å². The summed E-state index contributed by atoms with van der Waals surface area (Å²) in [6.07, 6.45) is 5.10. The molecule has 0 aliphatic carbocycles. The van der Waals surface area contributed by atoms with E-state index in [1.165, 1.54) is 12.8 Å². The summed E-state index contributed by atoms with van der Waals surface area (Å²) >= 11 is 0.